The molecular formula is C27H28N2+2. The molecule has 2 heterocycles. The molecule has 0 atom stereocenters. The molecule has 0 bridgehead atoms. The Hall–Kier alpha value is -3.26. The smallest absolute Gasteiger partial charge is 0.167 e. The van der Waals surface area contributed by atoms with E-state index < -0.39 is 0 Å². The topological polar surface area (TPSA) is 7.76 Å². The molecule has 29 heavy (non-hydrogen) atoms. The van der Waals surface area contributed by atoms with Crippen LogP contribution in [0.1, 0.15) is 27.8 Å². The van der Waals surface area contributed by atoms with Gasteiger partial charge in [-0.25, -0.2) is 0 Å². The summed E-state index contributed by atoms with van der Waals surface area (Å²) in [6, 6.07) is 19.8. The molecule has 0 N–H and O–H groups in total. The summed E-state index contributed by atoms with van der Waals surface area (Å²) in [5.41, 5.74) is 11.4. The highest BCUT2D eigenvalue weighted by atomic mass is 14.9. The predicted molar refractivity (Wildman–Crippen MR) is 119 cm³/mol. The Bertz CT molecular complexity index is 1190. The molecule has 4 rings (SSSR count). The van der Waals surface area contributed by atoms with Crippen LogP contribution >= 0.6 is 0 Å². The molecule has 0 unspecified atom stereocenters. The molecular weight excluding hydrogens is 352 g/mol. The molecule has 2 heteroatoms. The zero-order valence-electron chi connectivity index (χ0n) is 17.9. The SMILES string of the molecule is Cc1ccc(-[n+]2ccc(-c3cc[n+](-c4ccc(C)cc4C)cc3C)cc2)c(C)c1. The van der Waals surface area contributed by atoms with Gasteiger partial charge in [0.15, 0.2) is 24.8 Å². The van der Waals surface area contributed by atoms with Crippen LogP contribution < -0.4 is 9.13 Å². The molecule has 0 spiro atoms. The van der Waals surface area contributed by atoms with Crippen LogP contribution in [0.3, 0.4) is 0 Å². The van der Waals surface area contributed by atoms with Crippen LogP contribution in [0.15, 0.2) is 79.4 Å². The fourth-order valence-electron chi connectivity index (χ4n) is 4.04. The van der Waals surface area contributed by atoms with E-state index in [1.165, 1.54) is 50.3 Å². The molecule has 2 aromatic carbocycles. The molecule has 0 aliphatic heterocycles. The number of nitrogens with zero attached hydrogens (tertiary/aromatic N) is 2. The standard InChI is InChI=1S/C27H28N2/c1-19-6-8-26(21(3)16-19)28-13-10-24(11-14-28)25-12-15-29(18-23(25)5)27-9-7-20(2)17-22(27)4/h6-18H,1-5H3/q+2. The van der Waals surface area contributed by atoms with Gasteiger partial charge in [-0.2, -0.15) is 9.13 Å². The summed E-state index contributed by atoms with van der Waals surface area (Å²) in [4.78, 5) is 0. The van der Waals surface area contributed by atoms with Crippen molar-refractivity contribution in [2.45, 2.75) is 34.6 Å². The fraction of sp³-hybridized carbons (Fsp3) is 0.185. The van der Waals surface area contributed by atoms with Crippen molar-refractivity contribution in [3.63, 3.8) is 0 Å². The lowest BCUT2D eigenvalue weighted by Gasteiger charge is -2.07. The maximum atomic E-state index is 2.23. The van der Waals surface area contributed by atoms with Crippen molar-refractivity contribution >= 4 is 0 Å². The third kappa shape index (κ3) is 3.84. The van der Waals surface area contributed by atoms with Gasteiger partial charge in [0.2, 0.25) is 11.4 Å². The monoisotopic (exact) mass is 380 g/mol. The van der Waals surface area contributed by atoms with E-state index in [1.807, 2.05) is 0 Å². The Kier molecular flexibility index (Phi) is 5.02. The minimum Gasteiger partial charge on any atom is -0.167 e. The second-order valence-electron chi connectivity index (χ2n) is 8.02. The molecule has 0 saturated heterocycles. The van der Waals surface area contributed by atoms with E-state index in [-0.39, 0.29) is 0 Å². The number of hydrogen-bond acceptors (Lipinski definition) is 0. The average molecular weight is 381 g/mol. The van der Waals surface area contributed by atoms with Crippen LogP contribution in [0.4, 0.5) is 0 Å². The summed E-state index contributed by atoms with van der Waals surface area (Å²) in [6.45, 7) is 10.8. The lowest BCUT2D eigenvalue weighted by molar-refractivity contribution is -0.596. The van der Waals surface area contributed by atoms with Crippen LogP contribution in [-0.4, -0.2) is 0 Å². The third-order valence-corrected chi connectivity index (χ3v) is 5.56. The summed E-state index contributed by atoms with van der Waals surface area (Å²) < 4.78 is 4.40. The summed E-state index contributed by atoms with van der Waals surface area (Å²) in [6.07, 6.45) is 8.68. The molecule has 0 amide bonds. The maximum absolute atomic E-state index is 2.23. The van der Waals surface area contributed by atoms with Gasteiger partial charge in [0.25, 0.3) is 0 Å². The van der Waals surface area contributed by atoms with E-state index in [1.54, 1.807) is 0 Å². The molecule has 2 aromatic heterocycles. The van der Waals surface area contributed by atoms with Crippen molar-refractivity contribution < 1.29 is 9.13 Å². The van der Waals surface area contributed by atoms with Crippen LogP contribution in [0.2, 0.25) is 0 Å². The van der Waals surface area contributed by atoms with Gasteiger partial charge in [-0.15, -0.1) is 0 Å². The number of rotatable bonds is 3. The second kappa shape index (κ2) is 7.63. The van der Waals surface area contributed by atoms with Gasteiger partial charge in [-0.3, -0.25) is 0 Å². The molecule has 0 aliphatic rings. The van der Waals surface area contributed by atoms with E-state index in [0.29, 0.717) is 0 Å². The van der Waals surface area contributed by atoms with E-state index in [2.05, 4.69) is 123 Å². The van der Waals surface area contributed by atoms with Crippen molar-refractivity contribution in [1.82, 2.24) is 0 Å². The molecule has 0 saturated carbocycles. The molecule has 2 nitrogen and oxygen atoms in total. The Morgan fingerprint density at radius 1 is 0.517 bits per heavy atom. The van der Waals surface area contributed by atoms with E-state index in [0.717, 1.165) is 0 Å². The highest BCUT2D eigenvalue weighted by Gasteiger charge is 2.15. The van der Waals surface area contributed by atoms with Crippen LogP contribution in [0, 0.1) is 34.6 Å². The van der Waals surface area contributed by atoms with Gasteiger partial charge < -0.3 is 0 Å². The number of aryl methyl sites for hydroxylation is 5. The van der Waals surface area contributed by atoms with Gasteiger partial charge in [-0.05, 0) is 57.9 Å². The van der Waals surface area contributed by atoms with Crippen LogP contribution in [0.25, 0.3) is 22.5 Å². The van der Waals surface area contributed by atoms with E-state index >= 15 is 0 Å². The largest absolute Gasteiger partial charge is 0.213 e. The summed E-state index contributed by atoms with van der Waals surface area (Å²) in [5.74, 6) is 0. The van der Waals surface area contributed by atoms with Crippen molar-refractivity contribution in [3.8, 4) is 22.5 Å². The first-order chi connectivity index (χ1) is 13.9. The van der Waals surface area contributed by atoms with Crippen LogP contribution in [-0.2, 0) is 0 Å². The van der Waals surface area contributed by atoms with Crippen molar-refractivity contribution in [3.05, 3.63) is 107 Å². The summed E-state index contributed by atoms with van der Waals surface area (Å²) in [7, 11) is 0. The lowest BCUT2D eigenvalue weighted by Crippen LogP contribution is -2.31. The zero-order valence-corrected chi connectivity index (χ0v) is 17.9. The molecule has 0 radical (unpaired) electrons. The van der Waals surface area contributed by atoms with E-state index in [4.69, 9.17) is 0 Å². The average Bonchev–Trinajstić information content (AvgIpc) is 2.68. The van der Waals surface area contributed by atoms with E-state index in [9.17, 15) is 0 Å². The Morgan fingerprint density at radius 3 is 1.55 bits per heavy atom. The molecule has 144 valence electrons. The second-order valence-corrected chi connectivity index (χ2v) is 8.02. The molecule has 4 aromatic rings. The third-order valence-electron chi connectivity index (χ3n) is 5.56. The van der Waals surface area contributed by atoms with Crippen molar-refractivity contribution in [2.24, 2.45) is 0 Å². The first-order valence-electron chi connectivity index (χ1n) is 10.1. The molecule has 0 fully saturated rings. The normalized spacial score (nSPS) is 10.9. The Morgan fingerprint density at radius 2 is 1.03 bits per heavy atom. The summed E-state index contributed by atoms with van der Waals surface area (Å²) in [5, 5.41) is 0. The summed E-state index contributed by atoms with van der Waals surface area (Å²) >= 11 is 0. The number of hydrogen-bond donors (Lipinski definition) is 0. The quantitative estimate of drug-likeness (QED) is 0.418. The van der Waals surface area contributed by atoms with Crippen LogP contribution in [0.5, 0.6) is 0 Å². The minimum atomic E-state index is 1.22. The van der Waals surface area contributed by atoms with Gasteiger partial charge in [0.05, 0.1) is 0 Å². The van der Waals surface area contributed by atoms with Crippen molar-refractivity contribution in [2.75, 3.05) is 0 Å². The number of aromatic nitrogens is 2. The Balaban J connectivity index is 1.66. The highest BCUT2D eigenvalue weighted by Crippen LogP contribution is 2.22. The first kappa shape index (κ1) is 19.1. The van der Waals surface area contributed by atoms with Crippen molar-refractivity contribution in [1.29, 1.82) is 0 Å². The fourth-order valence-corrected chi connectivity index (χ4v) is 4.04. The minimum absolute atomic E-state index is 1.22. The van der Waals surface area contributed by atoms with Gasteiger partial charge in [0, 0.05) is 47.0 Å². The number of pyridine rings is 2. The zero-order chi connectivity index (χ0) is 20.5. The predicted octanol–water partition coefficient (Wildman–Crippen LogP) is 5.45. The van der Waals surface area contributed by atoms with Gasteiger partial charge >= 0.3 is 0 Å². The first-order valence-corrected chi connectivity index (χ1v) is 10.1. The lowest BCUT2D eigenvalue weighted by atomic mass is 10.0. The highest BCUT2D eigenvalue weighted by molar-refractivity contribution is 5.65. The molecule has 0 aliphatic carbocycles. The Labute approximate surface area is 173 Å². The number of benzene rings is 2. The van der Waals surface area contributed by atoms with Gasteiger partial charge in [0.1, 0.15) is 0 Å². The maximum Gasteiger partial charge on any atom is 0.213 e. The van der Waals surface area contributed by atoms with Gasteiger partial charge in [-0.1, -0.05) is 23.3 Å².